The van der Waals surface area contributed by atoms with Crippen LogP contribution in [0.5, 0.6) is 0 Å². The molecule has 0 aliphatic heterocycles. The van der Waals surface area contributed by atoms with Gasteiger partial charge in [-0.2, -0.15) is 0 Å². The van der Waals surface area contributed by atoms with E-state index in [2.05, 4.69) is 5.32 Å². The van der Waals surface area contributed by atoms with Gasteiger partial charge in [-0.15, -0.1) is 0 Å². The molecule has 0 bridgehead atoms. The van der Waals surface area contributed by atoms with E-state index in [9.17, 15) is 18.0 Å². The van der Waals surface area contributed by atoms with Crippen LogP contribution in [0, 0.1) is 6.92 Å². The molecule has 41 heavy (non-hydrogen) atoms. The van der Waals surface area contributed by atoms with Crippen LogP contribution in [-0.2, 0) is 26.2 Å². The minimum atomic E-state index is -4.27. The van der Waals surface area contributed by atoms with Crippen LogP contribution in [0.1, 0.15) is 38.8 Å². The number of amides is 2. The Balaban J connectivity index is 2.09. The molecule has 0 radical (unpaired) electrons. The fraction of sp³-hybridized carbons (Fsp3) is 0.310. The molecule has 0 aromatic heterocycles. The van der Waals surface area contributed by atoms with Gasteiger partial charge in [-0.05, 0) is 82.6 Å². The molecule has 0 saturated heterocycles. The van der Waals surface area contributed by atoms with Gasteiger partial charge >= 0.3 is 0 Å². The molecule has 2 amide bonds. The third-order valence-corrected chi connectivity index (χ3v) is 8.86. The molecule has 1 unspecified atom stereocenters. The van der Waals surface area contributed by atoms with Gasteiger partial charge in [0.2, 0.25) is 11.8 Å². The Hall–Kier alpha value is -2.49. The summed E-state index contributed by atoms with van der Waals surface area (Å²) in [4.78, 5) is 28.5. The van der Waals surface area contributed by atoms with E-state index in [1.54, 1.807) is 31.2 Å². The van der Waals surface area contributed by atoms with Crippen molar-refractivity contribution >= 4 is 73.9 Å². The normalized spacial score (nSPS) is 12.5. The first-order valence-corrected chi connectivity index (χ1v) is 15.5. The van der Waals surface area contributed by atoms with Gasteiger partial charge in [-0.1, -0.05) is 70.2 Å². The Morgan fingerprint density at radius 3 is 2.00 bits per heavy atom. The number of sulfonamides is 1. The smallest absolute Gasteiger partial charge is 0.264 e. The second-order valence-electron chi connectivity index (χ2n) is 10.6. The molecule has 0 heterocycles. The molecule has 0 spiro atoms. The first-order chi connectivity index (χ1) is 19.0. The van der Waals surface area contributed by atoms with E-state index in [-0.39, 0.29) is 27.2 Å². The SMILES string of the molecule is Cc1ccc(S(=O)(=O)N(CC(=O)N(Cc2ccc(Cl)cc2Cl)C(C)C(=O)NC(C)(C)C)c2cc(Cl)cc(Cl)c2)cc1. The molecular formula is C29H31Cl4N3O4S. The van der Waals surface area contributed by atoms with E-state index in [1.807, 2.05) is 27.7 Å². The summed E-state index contributed by atoms with van der Waals surface area (Å²) >= 11 is 24.9. The first-order valence-electron chi connectivity index (χ1n) is 12.6. The van der Waals surface area contributed by atoms with E-state index < -0.39 is 40.0 Å². The van der Waals surface area contributed by atoms with Crippen LogP contribution in [0.15, 0.2) is 65.6 Å². The Bertz CT molecular complexity index is 1520. The van der Waals surface area contributed by atoms with Gasteiger partial charge in [0, 0.05) is 32.2 Å². The van der Waals surface area contributed by atoms with E-state index >= 15 is 0 Å². The average molecular weight is 659 g/mol. The molecule has 1 atom stereocenters. The van der Waals surface area contributed by atoms with Crippen molar-refractivity contribution in [3.05, 3.63) is 91.9 Å². The number of hydrogen-bond acceptors (Lipinski definition) is 4. The number of nitrogens with zero attached hydrogens (tertiary/aromatic N) is 2. The van der Waals surface area contributed by atoms with E-state index in [0.717, 1.165) is 9.87 Å². The molecule has 1 N–H and O–H groups in total. The minimum Gasteiger partial charge on any atom is -0.350 e. The highest BCUT2D eigenvalue weighted by Gasteiger charge is 2.34. The van der Waals surface area contributed by atoms with Crippen LogP contribution in [0.2, 0.25) is 20.1 Å². The lowest BCUT2D eigenvalue weighted by atomic mass is 10.1. The maximum absolute atomic E-state index is 14.0. The maximum Gasteiger partial charge on any atom is 0.264 e. The zero-order valence-electron chi connectivity index (χ0n) is 23.2. The summed E-state index contributed by atoms with van der Waals surface area (Å²) in [5, 5.41) is 3.95. The lowest BCUT2D eigenvalue weighted by molar-refractivity contribution is -0.140. The van der Waals surface area contributed by atoms with Gasteiger partial charge in [0.05, 0.1) is 10.6 Å². The van der Waals surface area contributed by atoms with E-state index in [1.165, 1.54) is 41.3 Å². The van der Waals surface area contributed by atoms with Gasteiger partial charge in [0.15, 0.2) is 0 Å². The molecule has 3 aromatic rings. The van der Waals surface area contributed by atoms with Crippen LogP contribution in [-0.4, -0.2) is 43.3 Å². The summed E-state index contributed by atoms with van der Waals surface area (Å²) in [6.45, 7) is 8.12. The van der Waals surface area contributed by atoms with Crippen molar-refractivity contribution in [2.24, 2.45) is 0 Å². The summed E-state index contributed by atoms with van der Waals surface area (Å²) in [6, 6.07) is 14.3. The summed E-state index contributed by atoms with van der Waals surface area (Å²) in [6.07, 6.45) is 0. The van der Waals surface area contributed by atoms with Crippen molar-refractivity contribution in [3.8, 4) is 0 Å². The maximum atomic E-state index is 14.0. The number of carbonyl (C=O) groups excluding carboxylic acids is 2. The molecule has 0 saturated carbocycles. The number of aryl methyl sites for hydroxylation is 1. The molecule has 3 rings (SSSR count). The highest BCUT2D eigenvalue weighted by Crippen LogP contribution is 2.31. The second kappa shape index (κ2) is 13.2. The molecule has 3 aromatic carbocycles. The summed E-state index contributed by atoms with van der Waals surface area (Å²) in [5.74, 6) is -1.07. The number of rotatable bonds is 9. The predicted molar refractivity (Wildman–Crippen MR) is 167 cm³/mol. The van der Waals surface area contributed by atoms with Crippen LogP contribution < -0.4 is 9.62 Å². The van der Waals surface area contributed by atoms with Crippen LogP contribution in [0.25, 0.3) is 0 Å². The number of benzene rings is 3. The fourth-order valence-electron chi connectivity index (χ4n) is 3.94. The summed E-state index contributed by atoms with van der Waals surface area (Å²) in [7, 11) is -4.27. The minimum absolute atomic E-state index is 0.0298. The van der Waals surface area contributed by atoms with Crippen LogP contribution in [0.3, 0.4) is 0 Å². The number of carbonyl (C=O) groups is 2. The number of hydrogen-bond donors (Lipinski definition) is 1. The average Bonchev–Trinajstić information content (AvgIpc) is 2.84. The van der Waals surface area contributed by atoms with Gasteiger partial charge in [0.25, 0.3) is 10.0 Å². The molecule has 220 valence electrons. The van der Waals surface area contributed by atoms with Gasteiger partial charge in [-0.25, -0.2) is 8.42 Å². The first kappa shape index (κ1) is 33.0. The van der Waals surface area contributed by atoms with Crippen molar-refractivity contribution in [2.75, 3.05) is 10.8 Å². The lowest BCUT2D eigenvalue weighted by Gasteiger charge is -2.33. The highest BCUT2D eigenvalue weighted by molar-refractivity contribution is 7.92. The quantitative estimate of drug-likeness (QED) is 0.265. The Morgan fingerprint density at radius 2 is 1.46 bits per heavy atom. The van der Waals surface area contributed by atoms with Crippen molar-refractivity contribution in [2.45, 2.75) is 57.6 Å². The monoisotopic (exact) mass is 657 g/mol. The third kappa shape index (κ3) is 8.75. The number of anilines is 1. The van der Waals surface area contributed by atoms with Crippen LogP contribution in [0.4, 0.5) is 5.69 Å². The van der Waals surface area contributed by atoms with Crippen molar-refractivity contribution in [3.63, 3.8) is 0 Å². The van der Waals surface area contributed by atoms with E-state index in [0.29, 0.717) is 15.6 Å². The van der Waals surface area contributed by atoms with E-state index in [4.69, 9.17) is 46.4 Å². The second-order valence-corrected chi connectivity index (χ2v) is 14.2. The van der Waals surface area contributed by atoms with Crippen LogP contribution >= 0.6 is 46.4 Å². The molecular weight excluding hydrogens is 628 g/mol. The molecule has 0 fully saturated rings. The van der Waals surface area contributed by atoms with Gasteiger partial charge in [0.1, 0.15) is 12.6 Å². The summed E-state index contributed by atoms with van der Waals surface area (Å²) in [5.41, 5.74) is 0.907. The van der Waals surface area contributed by atoms with Crippen molar-refractivity contribution in [1.29, 1.82) is 0 Å². The number of halogens is 4. The zero-order valence-corrected chi connectivity index (χ0v) is 27.1. The Morgan fingerprint density at radius 1 is 0.878 bits per heavy atom. The molecule has 7 nitrogen and oxygen atoms in total. The lowest BCUT2D eigenvalue weighted by Crippen LogP contribution is -2.54. The van der Waals surface area contributed by atoms with Gasteiger partial charge < -0.3 is 10.2 Å². The van der Waals surface area contributed by atoms with Crippen molar-refractivity contribution < 1.29 is 18.0 Å². The largest absolute Gasteiger partial charge is 0.350 e. The highest BCUT2D eigenvalue weighted by atomic mass is 35.5. The molecule has 0 aliphatic carbocycles. The summed E-state index contributed by atoms with van der Waals surface area (Å²) < 4.78 is 28.8. The standard InChI is InChI=1S/C29H31Cl4N3O4S/c1-18-6-10-25(11-7-18)41(39,40)36(24-13-22(31)12-23(32)14-24)17-27(37)35(19(2)28(38)34-29(3,4)5)16-20-8-9-21(30)15-26(20)33/h6-15,19H,16-17H2,1-5H3,(H,34,38). The Kier molecular flexibility index (Phi) is 10.6. The zero-order chi connectivity index (χ0) is 30.7. The van der Waals surface area contributed by atoms with Crippen molar-refractivity contribution in [1.82, 2.24) is 10.2 Å². The Labute approximate surface area is 261 Å². The molecule has 12 heteroatoms. The third-order valence-electron chi connectivity index (χ3n) is 6.04. The topological polar surface area (TPSA) is 86.8 Å². The number of nitrogens with one attached hydrogen (secondary N) is 1. The fourth-order valence-corrected chi connectivity index (χ4v) is 6.32. The predicted octanol–water partition coefficient (Wildman–Crippen LogP) is 7.14. The molecule has 0 aliphatic rings. The van der Waals surface area contributed by atoms with Gasteiger partial charge in [-0.3, -0.25) is 13.9 Å².